The van der Waals surface area contributed by atoms with E-state index in [1.807, 2.05) is 6.20 Å². The van der Waals surface area contributed by atoms with Gasteiger partial charge in [0, 0.05) is 23.5 Å². The first-order valence-corrected chi connectivity index (χ1v) is 7.54. The summed E-state index contributed by atoms with van der Waals surface area (Å²) in [7, 11) is 0. The zero-order valence-electron chi connectivity index (χ0n) is 12.9. The second-order valence-corrected chi connectivity index (χ2v) is 5.32. The molecule has 0 aliphatic rings. The molecule has 2 aromatic carbocycles. The fourth-order valence-electron chi connectivity index (χ4n) is 2.47. The lowest BCUT2D eigenvalue weighted by molar-refractivity contribution is 0.102. The van der Waals surface area contributed by atoms with Gasteiger partial charge in [0.15, 0.2) is 5.82 Å². The highest BCUT2D eigenvalue weighted by molar-refractivity contribution is 6.04. The third kappa shape index (κ3) is 2.83. The van der Waals surface area contributed by atoms with Gasteiger partial charge in [0.05, 0.1) is 5.69 Å². The predicted octanol–water partition coefficient (Wildman–Crippen LogP) is 3.18. The van der Waals surface area contributed by atoms with Crippen molar-refractivity contribution < 1.29 is 9.18 Å². The maximum atomic E-state index is 13.6. The van der Waals surface area contributed by atoms with Crippen LogP contribution in [0.25, 0.3) is 17.2 Å². The molecule has 122 valence electrons. The Bertz CT molecular complexity index is 1060. The van der Waals surface area contributed by atoms with Crippen molar-refractivity contribution in [3.05, 3.63) is 78.4 Å². The number of carbonyl (C=O) groups excluding carboxylic acids is 1. The van der Waals surface area contributed by atoms with Crippen LogP contribution in [0.5, 0.6) is 0 Å². The van der Waals surface area contributed by atoms with Crippen molar-refractivity contribution >= 4 is 17.4 Å². The summed E-state index contributed by atoms with van der Waals surface area (Å²) in [5.74, 6) is 0.266. The Morgan fingerprint density at radius 2 is 1.80 bits per heavy atom. The number of fused-ring (bicyclic) bond motifs is 1. The number of hydrogen-bond donors (Lipinski definition) is 1. The smallest absolute Gasteiger partial charge is 0.255 e. The largest absolute Gasteiger partial charge is 0.319 e. The fraction of sp³-hybridized carbons (Fsp3) is 0. The lowest BCUT2D eigenvalue weighted by Gasteiger charge is -2.07. The van der Waals surface area contributed by atoms with Gasteiger partial charge in [0.2, 0.25) is 0 Å². The minimum absolute atomic E-state index is 0.145. The third-order valence-corrected chi connectivity index (χ3v) is 3.72. The van der Waals surface area contributed by atoms with Gasteiger partial charge < -0.3 is 5.32 Å². The quantitative estimate of drug-likeness (QED) is 0.625. The number of amides is 1. The van der Waals surface area contributed by atoms with Crippen LogP contribution in [0.4, 0.5) is 10.1 Å². The summed E-state index contributed by atoms with van der Waals surface area (Å²) >= 11 is 0. The highest BCUT2D eigenvalue weighted by atomic mass is 19.1. The minimum Gasteiger partial charge on any atom is -0.319 e. The van der Waals surface area contributed by atoms with Crippen LogP contribution in [-0.2, 0) is 0 Å². The Morgan fingerprint density at radius 1 is 1.00 bits per heavy atom. The number of rotatable bonds is 3. The molecule has 0 fully saturated rings. The molecule has 0 saturated heterocycles. The van der Waals surface area contributed by atoms with E-state index in [4.69, 9.17) is 0 Å². The Kier molecular flexibility index (Phi) is 3.66. The number of nitrogens with one attached hydrogen (secondary N) is 1. The summed E-state index contributed by atoms with van der Waals surface area (Å²) in [6.07, 6.45) is 3.46. The molecule has 6 nitrogen and oxygen atoms in total. The van der Waals surface area contributed by atoms with Crippen LogP contribution >= 0.6 is 0 Å². The normalized spacial score (nSPS) is 10.8. The van der Waals surface area contributed by atoms with Crippen molar-refractivity contribution in [3.63, 3.8) is 0 Å². The van der Waals surface area contributed by atoms with Crippen LogP contribution in [0.15, 0.2) is 67.0 Å². The molecule has 0 aliphatic carbocycles. The van der Waals surface area contributed by atoms with E-state index in [-0.39, 0.29) is 11.6 Å². The molecule has 0 radical (unpaired) electrons. The first-order chi connectivity index (χ1) is 12.2. The second kappa shape index (κ2) is 6.12. The first-order valence-electron chi connectivity index (χ1n) is 7.54. The van der Waals surface area contributed by atoms with Crippen molar-refractivity contribution in [2.45, 2.75) is 0 Å². The van der Waals surface area contributed by atoms with E-state index in [1.165, 1.54) is 12.1 Å². The number of para-hydroxylation sites is 1. The van der Waals surface area contributed by atoms with Gasteiger partial charge >= 0.3 is 0 Å². The van der Waals surface area contributed by atoms with Crippen molar-refractivity contribution in [1.82, 2.24) is 19.6 Å². The molecule has 2 heterocycles. The van der Waals surface area contributed by atoms with Crippen LogP contribution in [0, 0.1) is 5.82 Å². The van der Waals surface area contributed by atoms with E-state index in [0.717, 1.165) is 5.56 Å². The third-order valence-electron chi connectivity index (χ3n) is 3.72. The first kappa shape index (κ1) is 14.9. The number of anilines is 1. The minimum atomic E-state index is -0.477. The fourth-order valence-corrected chi connectivity index (χ4v) is 2.47. The maximum absolute atomic E-state index is 13.6. The number of nitrogens with zero attached hydrogens (tertiary/aromatic N) is 4. The standard InChI is InChI=1S/C18H12FN5O/c19-14-4-1-2-5-15(14)21-17(25)13-8-6-12(7-9-13)16-22-23-18-20-10-3-11-24(16)18/h1-11H,(H,21,25). The maximum Gasteiger partial charge on any atom is 0.255 e. The molecule has 0 bridgehead atoms. The molecule has 1 amide bonds. The molecule has 2 aromatic heterocycles. The molecule has 4 aromatic rings. The predicted molar refractivity (Wildman–Crippen MR) is 90.6 cm³/mol. The highest BCUT2D eigenvalue weighted by Gasteiger charge is 2.11. The SMILES string of the molecule is O=C(Nc1ccccc1F)c1ccc(-c2nnc3ncccn23)cc1. The molecular weight excluding hydrogens is 321 g/mol. The average Bonchev–Trinajstić information content (AvgIpc) is 3.08. The summed E-state index contributed by atoms with van der Waals surface area (Å²) in [4.78, 5) is 16.4. The van der Waals surface area contributed by atoms with E-state index in [0.29, 0.717) is 17.2 Å². The van der Waals surface area contributed by atoms with Crippen LogP contribution in [0.2, 0.25) is 0 Å². The molecule has 0 unspecified atom stereocenters. The van der Waals surface area contributed by atoms with Gasteiger partial charge in [-0.1, -0.05) is 24.3 Å². The van der Waals surface area contributed by atoms with Gasteiger partial charge in [0.1, 0.15) is 5.82 Å². The van der Waals surface area contributed by atoms with E-state index in [1.54, 1.807) is 53.1 Å². The molecule has 0 aliphatic heterocycles. The molecule has 7 heteroatoms. The van der Waals surface area contributed by atoms with Crippen LogP contribution < -0.4 is 5.32 Å². The Morgan fingerprint density at radius 3 is 2.60 bits per heavy atom. The molecule has 25 heavy (non-hydrogen) atoms. The molecule has 0 saturated carbocycles. The monoisotopic (exact) mass is 333 g/mol. The Labute approximate surface area is 142 Å². The zero-order valence-corrected chi connectivity index (χ0v) is 12.9. The number of benzene rings is 2. The van der Waals surface area contributed by atoms with Crippen LogP contribution in [0.1, 0.15) is 10.4 Å². The van der Waals surface area contributed by atoms with E-state index in [2.05, 4.69) is 20.5 Å². The van der Waals surface area contributed by atoms with Crippen molar-refractivity contribution in [2.75, 3.05) is 5.32 Å². The van der Waals surface area contributed by atoms with E-state index >= 15 is 0 Å². The van der Waals surface area contributed by atoms with Gasteiger partial charge in [-0.15, -0.1) is 10.2 Å². The average molecular weight is 333 g/mol. The summed E-state index contributed by atoms with van der Waals surface area (Å²) in [6, 6.07) is 14.7. The lowest BCUT2D eigenvalue weighted by Crippen LogP contribution is -2.12. The second-order valence-electron chi connectivity index (χ2n) is 5.32. The zero-order chi connectivity index (χ0) is 17.2. The molecule has 1 N–H and O–H groups in total. The topological polar surface area (TPSA) is 72.2 Å². The van der Waals surface area contributed by atoms with E-state index < -0.39 is 5.82 Å². The summed E-state index contributed by atoms with van der Waals surface area (Å²) in [6.45, 7) is 0. The summed E-state index contributed by atoms with van der Waals surface area (Å²) in [5.41, 5.74) is 1.35. The van der Waals surface area contributed by atoms with E-state index in [9.17, 15) is 9.18 Å². The van der Waals surface area contributed by atoms with Crippen molar-refractivity contribution in [2.24, 2.45) is 0 Å². The lowest BCUT2D eigenvalue weighted by atomic mass is 10.1. The van der Waals surface area contributed by atoms with Gasteiger partial charge in [-0.2, -0.15) is 0 Å². The van der Waals surface area contributed by atoms with Gasteiger partial charge in [-0.25, -0.2) is 9.37 Å². The molecule has 0 spiro atoms. The number of hydrogen-bond acceptors (Lipinski definition) is 4. The number of halogens is 1. The molecule has 4 rings (SSSR count). The Hall–Kier alpha value is -3.61. The summed E-state index contributed by atoms with van der Waals surface area (Å²) in [5, 5.41) is 10.7. The molecule has 0 atom stereocenters. The number of carbonyl (C=O) groups is 1. The number of aromatic nitrogens is 4. The highest BCUT2D eigenvalue weighted by Crippen LogP contribution is 2.19. The van der Waals surface area contributed by atoms with Crippen LogP contribution in [0.3, 0.4) is 0 Å². The Balaban J connectivity index is 1.60. The van der Waals surface area contributed by atoms with Crippen LogP contribution in [-0.4, -0.2) is 25.5 Å². The molecular formula is C18H12FN5O. The van der Waals surface area contributed by atoms with Gasteiger partial charge in [0.25, 0.3) is 11.7 Å². The van der Waals surface area contributed by atoms with Crippen molar-refractivity contribution in [1.29, 1.82) is 0 Å². The van der Waals surface area contributed by atoms with Gasteiger partial charge in [-0.05, 0) is 30.3 Å². The van der Waals surface area contributed by atoms with Gasteiger partial charge in [-0.3, -0.25) is 9.20 Å². The van der Waals surface area contributed by atoms with Crippen molar-refractivity contribution in [3.8, 4) is 11.4 Å². The summed E-state index contributed by atoms with van der Waals surface area (Å²) < 4.78 is 15.4.